The molecule has 1 atom stereocenters. The van der Waals surface area contributed by atoms with Crippen molar-refractivity contribution < 1.29 is 13.5 Å². The maximum atomic E-state index is 13.2. The molecule has 0 saturated carbocycles. The van der Waals surface area contributed by atoms with Gasteiger partial charge in [-0.3, -0.25) is 5.84 Å². The number of nitrogens with one attached hydrogen (secondary N) is 1. The van der Waals surface area contributed by atoms with Crippen LogP contribution in [0, 0.1) is 11.6 Å². The summed E-state index contributed by atoms with van der Waals surface area (Å²) in [5.74, 6) is 3.47. The molecule has 0 radical (unpaired) electrons. The summed E-state index contributed by atoms with van der Waals surface area (Å²) in [6.45, 7) is 0. The van der Waals surface area contributed by atoms with E-state index in [1.54, 1.807) is 0 Å². The smallest absolute Gasteiger partial charge is 0.165 e. The van der Waals surface area contributed by atoms with Gasteiger partial charge in [-0.2, -0.15) is 0 Å². The number of methoxy groups -OCH3 is 1. The molecule has 6 heteroatoms. The Balaban J connectivity index is 3.14. The predicted molar refractivity (Wildman–Crippen MR) is 47.2 cm³/mol. The van der Waals surface area contributed by atoms with Gasteiger partial charge in [-0.25, -0.2) is 14.2 Å². The number of benzene rings is 1. The van der Waals surface area contributed by atoms with E-state index in [9.17, 15) is 8.78 Å². The van der Waals surface area contributed by atoms with Crippen molar-refractivity contribution in [3.8, 4) is 5.75 Å². The van der Waals surface area contributed by atoms with E-state index in [4.69, 9.17) is 11.6 Å². The number of nitrogens with two attached hydrogens (primary N) is 2. The lowest BCUT2D eigenvalue weighted by Crippen LogP contribution is -2.34. The van der Waals surface area contributed by atoms with Crippen LogP contribution < -0.4 is 21.7 Å². The molecule has 1 aromatic carbocycles. The maximum absolute atomic E-state index is 13.2. The zero-order valence-corrected chi connectivity index (χ0v) is 7.55. The Morgan fingerprint density at radius 3 is 2.50 bits per heavy atom. The van der Waals surface area contributed by atoms with E-state index in [0.29, 0.717) is 0 Å². The average Bonchev–Trinajstić information content (AvgIpc) is 2.19. The highest BCUT2D eigenvalue weighted by Crippen LogP contribution is 2.23. The minimum atomic E-state index is -0.949. The van der Waals surface area contributed by atoms with E-state index in [2.05, 4.69) is 10.2 Å². The molecule has 1 rings (SSSR count). The molecule has 0 heterocycles. The first-order valence-electron chi connectivity index (χ1n) is 3.84. The number of rotatable bonds is 3. The van der Waals surface area contributed by atoms with Crippen molar-refractivity contribution in [2.45, 2.75) is 6.17 Å². The molecule has 1 unspecified atom stereocenters. The van der Waals surface area contributed by atoms with Gasteiger partial charge in [0.2, 0.25) is 0 Å². The van der Waals surface area contributed by atoms with Crippen LogP contribution in [0.4, 0.5) is 8.78 Å². The zero-order chi connectivity index (χ0) is 10.7. The van der Waals surface area contributed by atoms with Crippen molar-refractivity contribution in [1.82, 2.24) is 5.43 Å². The number of halogens is 2. The molecule has 0 spiro atoms. The first kappa shape index (κ1) is 10.8. The molecule has 0 aliphatic carbocycles. The highest BCUT2D eigenvalue weighted by Gasteiger charge is 2.14. The van der Waals surface area contributed by atoms with E-state index >= 15 is 0 Å². The molecule has 78 valence electrons. The van der Waals surface area contributed by atoms with Crippen LogP contribution >= 0.6 is 0 Å². The number of hydrogen-bond donors (Lipinski definition) is 3. The Kier molecular flexibility index (Phi) is 3.34. The fraction of sp³-hybridized carbons (Fsp3) is 0.250. The molecule has 0 fully saturated rings. The van der Waals surface area contributed by atoms with Crippen LogP contribution in [-0.2, 0) is 0 Å². The SMILES string of the molecule is COc1cc(F)c(C(N)NN)cc1F. The first-order valence-corrected chi connectivity index (χ1v) is 3.84. The fourth-order valence-electron chi connectivity index (χ4n) is 1.03. The molecule has 0 amide bonds. The van der Waals surface area contributed by atoms with Crippen LogP contribution in [0.3, 0.4) is 0 Å². The third kappa shape index (κ3) is 1.98. The Hall–Kier alpha value is -1.24. The molecular weight excluding hydrogens is 192 g/mol. The minimum Gasteiger partial charge on any atom is -0.494 e. The van der Waals surface area contributed by atoms with Gasteiger partial charge >= 0.3 is 0 Å². The van der Waals surface area contributed by atoms with E-state index in [1.165, 1.54) is 7.11 Å². The molecule has 4 nitrogen and oxygen atoms in total. The molecule has 14 heavy (non-hydrogen) atoms. The Labute approximate surface area is 79.8 Å². The van der Waals surface area contributed by atoms with Gasteiger partial charge in [0.1, 0.15) is 5.82 Å². The monoisotopic (exact) mass is 203 g/mol. The van der Waals surface area contributed by atoms with Gasteiger partial charge in [0.15, 0.2) is 11.6 Å². The average molecular weight is 203 g/mol. The summed E-state index contributed by atoms with van der Waals surface area (Å²) in [4.78, 5) is 0. The molecule has 0 aliphatic rings. The van der Waals surface area contributed by atoms with E-state index in [0.717, 1.165) is 12.1 Å². The van der Waals surface area contributed by atoms with Crippen molar-refractivity contribution in [2.75, 3.05) is 7.11 Å². The lowest BCUT2D eigenvalue weighted by molar-refractivity contribution is 0.380. The Morgan fingerprint density at radius 2 is 2.00 bits per heavy atom. The van der Waals surface area contributed by atoms with Crippen LogP contribution in [0.15, 0.2) is 12.1 Å². The largest absolute Gasteiger partial charge is 0.494 e. The standard InChI is InChI=1S/C8H11F2N3O/c1-14-7-3-5(9)4(2-6(7)10)8(11)13-12/h2-3,8,13H,11-12H2,1H3. The molecule has 0 aliphatic heterocycles. The van der Waals surface area contributed by atoms with Crippen LogP contribution in [0.5, 0.6) is 5.75 Å². The van der Waals surface area contributed by atoms with Gasteiger partial charge in [-0.05, 0) is 6.07 Å². The number of hydrogen-bond acceptors (Lipinski definition) is 4. The minimum absolute atomic E-state index is 0.0502. The van der Waals surface area contributed by atoms with Crippen molar-refractivity contribution >= 4 is 0 Å². The Morgan fingerprint density at radius 1 is 1.36 bits per heavy atom. The summed E-state index contributed by atoms with van der Waals surface area (Å²) in [5.41, 5.74) is 7.44. The van der Waals surface area contributed by atoms with E-state index in [-0.39, 0.29) is 11.3 Å². The van der Waals surface area contributed by atoms with Crippen LogP contribution in [0.1, 0.15) is 11.7 Å². The van der Waals surface area contributed by atoms with Gasteiger partial charge in [0.05, 0.1) is 13.3 Å². The third-order valence-corrected chi connectivity index (χ3v) is 1.79. The molecule has 0 bridgehead atoms. The lowest BCUT2D eigenvalue weighted by atomic mass is 10.1. The van der Waals surface area contributed by atoms with Crippen molar-refractivity contribution in [1.29, 1.82) is 0 Å². The van der Waals surface area contributed by atoms with E-state index < -0.39 is 17.8 Å². The second-order valence-corrected chi connectivity index (χ2v) is 2.65. The highest BCUT2D eigenvalue weighted by atomic mass is 19.1. The Bertz CT molecular complexity index is 333. The van der Waals surface area contributed by atoms with Gasteiger partial charge in [-0.15, -0.1) is 0 Å². The predicted octanol–water partition coefficient (Wildman–Crippen LogP) is 0.394. The van der Waals surface area contributed by atoms with Gasteiger partial charge in [-0.1, -0.05) is 0 Å². The second kappa shape index (κ2) is 4.32. The van der Waals surface area contributed by atoms with Gasteiger partial charge in [0.25, 0.3) is 0 Å². The van der Waals surface area contributed by atoms with Gasteiger partial charge < -0.3 is 10.5 Å². The third-order valence-electron chi connectivity index (χ3n) is 1.79. The number of hydrazine groups is 1. The van der Waals surface area contributed by atoms with Crippen molar-refractivity contribution in [3.63, 3.8) is 0 Å². The topological polar surface area (TPSA) is 73.3 Å². The summed E-state index contributed by atoms with van der Waals surface area (Å²) < 4.78 is 30.9. The van der Waals surface area contributed by atoms with Crippen LogP contribution in [0.25, 0.3) is 0 Å². The molecule has 5 N–H and O–H groups in total. The van der Waals surface area contributed by atoms with Crippen molar-refractivity contribution in [2.24, 2.45) is 11.6 Å². The fourth-order valence-corrected chi connectivity index (χ4v) is 1.03. The van der Waals surface area contributed by atoms with Crippen LogP contribution in [-0.4, -0.2) is 7.11 Å². The first-order chi connectivity index (χ1) is 6.60. The molecule has 1 aromatic rings. The van der Waals surface area contributed by atoms with Gasteiger partial charge in [0, 0.05) is 11.6 Å². The highest BCUT2D eigenvalue weighted by molar-refractivity contribution is 5.32. The summed E-state index contributed by atoms with van der Waals surface area (Å²) in [5, 5.41) is 0. The summed E-state index contributed by atoms with van der Waals surface area (Å²) in [7, 11) is 1.25. The summed E-state index contributed by atoms with van der Waals surface area (Å²) in [6, 6.07) is 1.86. The maximum Gasteiger partial charge on any atom is 0.165 e. The summed E-state index contributed by atoms with van der Waals surface area (Å²) >= 11 is 0. The zero-order valence-electron chi connectivity index (χ0n) is 7.55. The van der Waals surface area contributed by atoms with Crippen LogP contribution in [0.2, 0.25) is 0 Å². The quantitative estimate of drug-likeness (QED) is 0.377. The lowest BCUT2D eigenvalue weighted by Gasteiger charge is -2.12. The molecule has 0 aromatic heterocycles. The van der Waals surface area contributed by atoms with E-state index in [1.807, 2.05) is 0 Å². The number of ether oxygens (including phenoxy) is 1. The molecular formula is C8H11F2N3O. The summed E-state index contributed by atoms with van der Waals surface area (Å²) in [6.07, 6.45) is -0.949. The molecule has 0 saturated heterocycles. The van der Waals surface area contributed by atoms with Crippen molar-refractivity contribution in [3.05, 3.63) is 29.3 Å². The normalized spacial score (nSPS) is 12.6. The second-order valence-electron chi connectivity index (χ2n) is 2.65.